The van der Waals surface area contributed by atoms with Crippen LogP contribution in [0.3, 0.4) is 0 Å². The second-order valence-corrected chi connectivity index (χ2v) is 5.07. The summed E-state index contributed by atoms with van der Waals surface area (Å²) in [4.78, 5) is 22.8. The molecule has 0 aliphatic rings. The van der Waals surface area contributed by atoms with Crippen molar-refractivity contribution in [3.8, 4) is 0 Å². The summed E-state index contributed by atoms with van der Waals surface area (Å²) in [6.45, 7) is 1.61. The van der Waals surface area contributed by atoms with Gasteiger partial charge in [0, 0.05) is 11.9 Å². The van der Waals surface area contributed by atoms with Crippen LogP contribution >= 0.6 is 11.8 Å². The van der Waals surface area contributed by atoms with Crippen LogP contribution in [0.5, 0.6) is 0 Å². The Morgan fingerprint density at radius 1 is 1.53 bits per heavy atom. The zero-order valence-electron chi connectivity index (χ0n) is 9.34. The molecule has 0 bridgehead atoms. The highest BCUT2D eigenvalue weighted by Crippen LogP contribution is 2.26. The minimum absolute atomic E-state index is 0.423. The molecule has 0 spiro atoms. The second-order valence-electron chi connectivity index (χ2n) is 3.65. The molecule has 90 valence electrons. The monoisotopic (exact) mass is 253 g/mol. The van der Waals surface area contributed by atoms with Crippen molar-refractivity contribution in [2.45, 2.75) is 17.1 Å². The number of carbonyl (C=O) groups is 1. The van der Waals surface area contributed by atoms with Gasteiger partial charge in [-0.2, -0.15) is 0 Å². The van der Waals surface area contributed by atoms with Crippen LogP contribution < -0.4 is 5.76 Å². The quantitative estimate of drug-likeness (QED) is 0.843. The van der Waals surface area contributed by atoms with E-state index in [0.717, 1.165) is 4.90 Å². The van der Waals surface area contributed by atoms with Gasteiger partial charge in [-0.15, -0.1) is 11.8 Å². The zero-order chi connectivity index (χ0) is 12.6. The first-order valence-corrected chi connectivity index (χ1v) is 5.86. The Hall–Kier alpha value is -1.69. The van der Waals surface area contributed by atoms with Crippen LogP contribution in [0.1, 0.15) is 6.92 Å². The largest absolute Gasteiger partial charge is 0.480 e. The average Bonchev–Trinajstić information content (AvgIpc) is 2.54. The number of carboxylic acids is 1. The van der Waals surface area contributed by atoms with Gasteiger partial charge in [-0.05, 0) is 25.1 Å². The Kier molecular flexibility index (Phi) is 2.97. The maximum absolute atomic E-state index is 11.3. The Morgan fingerprint density at radius 3 is 2.88 bits per heavy atom. The van der Waals surface area contributed by atoms with Crippen molar-refractivity contribution in [3.63, 3.8) is 0 Å². The lowest BCUT2D eigenvalue weighted by Crippen LogP contribution is -2.10. The summed E-state index contributed by atoms with van der Waals surface area (Å²) in [5.74, 6) is -1.29. The topological polar surface area (TPSA) is 72.4 Å². The van der Waals surface area contributed by atoms with Crippen molar-refractivity contribution >= 4 is 28.8 Å². The van der Waals surface area contributed by atoms with Gasteiger partial charge < -0.3 is 9.52 Å². The number of oxazole rings is 1. The third-order valence-electron chi connectivity index (χ3n) is 2.42. The number of aryl methyl sites for hydroxylation is 1. The van der Waals surface area contributed by atoms with Gasteiger partial charge in [-0.25, -0.2) is 4.79 Å². The molecule has 17 heavy (non-hydrogen) atoms. The molecule has 1 aromatic heterocycles. The molecule has 0 aliphatic carbocycles. The number of rotatable bonds is 3. The first-order valence-electron chi connectivity index (χ1n) is 4.98. The zero-order valence-corrected chi connectivity index (χ0v) is 10.2. The van der Waals surface area contributed by atoms with E-state index in [1.165, 1.54) is 16.3 Å². The number of benzene rings is 1. The molecule has 0 saturated heterocycles. The van der Waals surface area contributed by atoms with Crippen LogP contribution in [0.15, 0.2) is 32.3 Å². The second kappa shape index (κ2) is 4.29. The fourth-order valence-electron chi connectivity index (χ4n) is 1.44. The van der Waals surface area contributed by atoms with Crippen LogP contribution in [-0.4, -0.2) is 20.9 Å². The molecule has 1 unspecified atom stereocenters. The molecule has 0 fully saturated rings. The van der Waals surface area contributed by atoms with Gasteiger partial charge >= 0.3 is 11.7 Å². The van der Waals surface area contributed by atoms with Crippen LogP contribution in [0.2, 0.25) is 0 Å². The smallest absolute Gasteiger partial charge is 0.419 e. The van der Waals surface area contributed by atoms with E-state index in [1.807, 2.05) is 0 Å². The molecule has 0 radical (unpaired) electrons. The third-order valence-corrected chi connectivity index (χ3v) is 3.51. The van der Waals surface area contributed by atoms with Gasteiger partial charge in [0.1, 0.15) is 5.25 Å². The van der Waals surface area contributed by atoms with Crippen LogP contribution in [0, 0.1) is 0 Å². The minimum atomic E-state index is -0.871. The molecule has 0 saturated carbocycles. The lowest BCUT2D eigenvalue weighted by Gasteiger charge is -2.05. The van der Waals surface area contributed by atoms with Crippen molar-refractivity contribution in [1.82, 2.24) is 4.57 Å². The van der Waals surface area contributed by atoms with E-state index in [-0.39, 0.29) is 0 Å². The van der Waals surface area contributed by atoms with Crippen molar-refractivity contribution < 1.29 is 14.3 Å². The molecule has 1 heterocycles. The van der Waals surface area contributed by atoms with Gasteiger partial charge in [0.2, 0.25) is 0 Å². The van der Waals surface area contributed by atoms with Crippen LogP contribution in [0.4, 0.5) is 0 Å². The molecule has 2 rings (SSSR count). The number of carboxylic acid groups (broad SMARTS) is 1. The number of hydrogen-bond acceptors (Lipinski definition) is 4. The lowest BCUT2D eigenvalue weighted by molar-refractivity contribution is -0.136. The van der Waals surface area contributed by atoms with Gasteiger partial charge in [0.05, 0.1) is 5.52 Å². The summed E-state index contributed by atoms with van der Waals surface area (Å²) in [6, 6.07) is 5.21. The van der Waals surface area contributed by atoms with E-state index >= 15 is 0 Å². The molecule has 5 nitrogen and oxygen atoms in total. The average molecular weight is 253 g/mol. The van der Waals surface area contributed by atoms with Gasteiger partial charge in [0.15, 0.2) is 5.58 Å². The van der Waals surface area contributed by atoms with E-state index in [0.29, 0.717) is 11.1 Å². The maximum atomic E-state index is 11.3. The van der Waals surface area contributed by atoms with Crippen molar-refractivity contribution in [1.29, 1.82) is 0 Å². The van der Waals surface area contributed by atoms with Gasteiger partial charge in [-0.3, -0.25) is 9.36 Å². The van der Waals surface area contributed by atoms with E-state index in [1.54, 1.807) is 32.2 Å². The number of fused-ring (bicyclic) bond motifs is 1. The Labute approximate surface area is 101 Å². The molecule has 2 aromatic rings. The normalized spacial score (nSPS) is 12.8. The highest BCUT2D eigenvalue weighted by atomic mass is 32.2. The van der Waals surface area contributed by atoms with Gasteiger partial charge in [0.25, 0.3) is 0 Å². The summed E-state index contributed by atoms with van der Waals surface area (Å²) in [5, 5.41) is 8.27. The van der Waals surface area contributed by atoms with E-state index < -0.39 is 17.0 Å². The number of hydrogen-bond donors (Lipinski definition) is 1. The predicted octanol–water partition coefficient (Wildman–Crippen LogP) is 1.70. The third kappa shape index (κ3) is 2.21. The number of nitrogens with zero attached hydrogens (tertiary/aromatic N) is 1. The first-order chi connectivity index (χ1) is 7.99. The number of thioether (sulfide) groups is 1. The van der Waals surface area contributed by atoms with Crippen LogP contribution in [-0.2, 0) is 11.8 Å². The Balaban J connectivity index is 2.38. The summed E-state index contributed by atoms with van der Waals surface area (Å²) >= 11 is 1.21. The molecule has 1 N–H and O–H groups in total. The maximum Gasteiger partial charge on any atom is 0.419 e. The molecule has 1 atom stereocenters. The van der Waals surface area contributed by atoms with Crippen molar-refractivity contribution in [2.24, 2.45) is 7.05 Å². The highest BCUT2D eigenvalue weighted by Gasteiger charge is 2.13. The summed E-state index contributed by atoms with van der Waals surface area (Å²) < 4.78 is 6.44. The number of aromatic nitrogens is 1. The summed E-state index contributed by atoms with van der Waals surface area (Å²) in [5.41, 5.74) is 1.17. The first kappa shape index (κ1) is 11.8. The van der Waals surface area contributed by atoms with Crippen LogP contribution in [0.25, 0.3) is 11.1 Å². The molecular formula is C11H11NO4S. The van der Waals surface area contributed by atoms with Gasteiger partial charge in [-0.1, -0.05) is 0 Å². The van der Waals surface area contributed by atoms with E-state index in [2.05, 4.69) is 0 Å². The molecule has 6 heteroatoms. The fraction of sp³-hybridized carbons (Fsp3) is 0.273. The molecular weight excluding hydrogens is 242 g/mol. The van der Waals surface area contributed by atoms with Crippen molar-refractivity contribution in [3.05, 3.63) is 28.7 Å². The molecule has 0 aliphatic heterocycles. The number of aliphatic carboxylic acids is 1. The molecule has 0 amide bonds. The van der Waals surface area contributed by atoms with E-state index in [4.69, 9.17) is 9.52 Å². The highest BCUT2D eigenvalue weighted by molar-refractivity contribution is 8.00. The lowest BCUT2D eigenvalue weighted by atomic mass is 10.3. The van der Waals surface area contributed by atoms with E-state index in [9.17, 15) is 9.59 Å². The summed E-state index contributed by atoms with van der Waals surface area (Å²) in [6.07, 6.45) is 0. The SMILES string of the molecule is CC(Sc1ccc2c(c1)oc(=O)n2C)C(=O)O. The van der Waals surface area contributed by atoms with Crippen molar-refractivity contribution in [2.75, 3.05) is 0 Å². The standard InChI is InChI=1S/C11H11NO4S/c1-6(10(13)14)17-7-3-4-8-9(5-7)16-11(15)12(8)2/h3-6H,1-2H3,(H,13,14). The molecule has 1 aromatic carbocycles. The predicted molar refractivity (Wildman–Crippen MR) is 64.4 cm³/mol. The minimum Gasteiger partial charge on any atom is -0.480 e. The summed E-state index contributed by atoms with van der Waals surface area (Å²) in [7, 11) is 1.63. The fourth-order valence-corrected chi connectivity index (χ4v) is 2.27. The Morgan fingerprint density at radius 2 is 2.24 bits per heavy atom. The Bertz CT molecular complexity index is 628.